The van der Waals surface area contributed by atoms with Crippen LogP contribution in [0.15, 0.2) is 59.5 Å². The zero-order valence-corrected chi connectivity index (χ0v) is 13.8. The van der Waals surface area contributed by atoms with Crippen molar-refractivity contribution >= 4 is 39.4 Å². The minimum atomic E-state index is -3.74. The summed E-state index contributed by atoms with van der Waals surface area (Å²) < 4.78 is 31.7. The summed E-state index contributed by atoms with van der Waals surface area (Å²) in [4.78, 5) is 11.2. The van der Waals surface area contributed by atoms with E-state index in [0.717, 1.165) is 0 Å². The van der Waals surface area contributed by atoms with Crippen LogP contribution < -0.4 is 4.72 Å². The number of anilines is 1. The van der Waals surface area contributed by atoms with E-state index in [1.165, 1.54) is 31.4 Å². The third-order valence-electron chi connectivity index (χ3n) is 2.88. The lowest BCUT2D eigenvalue weighted by molar-refractivity contribution is -0.134. The number of carbonyl (C=O) groups excluding carboxylic acids is 1. The van der Waals surface area contributed by atoms with Crippen LogP contribution >= 0.6 is 11.6 Å². The van der Waals surface area contributed by atoms with Gasteiger partial charge in [0.25, 0.3) is 10.0 Å². The van der Waals surface area contributed by atoms with Gasteiger partial charge in [-0.1, -0.05) is 23.7 Å². The summed E-state index contributed by atoms with van der Waals surface area (Å²) >= 11 is 5.77. The summed E-state index contributed by atoms with van der Waals surface area (Å²) in [5.74, 6) is -0.516. The Kier molecular flexibility index (Phi) is 5.41. The highest BCUT2D eigenvalue weighted by Gasteiger charge is 2.14. The van der Waals surface area contributed by atoms with Crippen LogP contribution in [0.25, 0.3) is 6.08 Å². The number of benzene rings is 2. The molecule has 0 saturated heterocycles. The van der Waals surface area contributed by atoms with E-state index in [2.05, 4.69) is 9.46 Å². The summed E-state index contributed by atoms with van der Waals surface area (Å²) in [6.07, 6.45) is 2.70. The van der Waals surface area contributed by atoms with E-state index in [4.69, 9.17) is 11.6 Å². The Labute approximate surface area is 139 Å². The third kappa shape index (κ3) is 4.84. The first-order chi connectivity index (χ1) is 10.9. The SMILES string of the molecule is COC(=O)/C=C/c1cccc(S(=O)(=O)Nc2ccc(Cl)cc2)c1. The third-order valence-corrected chi connectivity index (χ3v) is 4.51. The Morgan fingerprint density at radius 1 is 1.17 bits per heavy atom. The van der Waals surface area contributed by atoms with Gasteiger partial charge in [-0.3, -0.25) is 4.72 Å². The first-order valence-corrected chi connectivity index (χ1v) is 8.41. The van der Waals surface area contributed by atoms with Crippen LogP contribution in [0.3, 0.4) is 0 Å². The fourth-order valence-electron chi connectivity index (χ4n) is 1.75. The number of carbonyl (C=O) groups is 1. The number of esters is 1. The number of sulfonamides is 1. The molecule has 0 aliphatic carbocycles. The largest absolute Gasteiger partial charge is 0.466 e. The molecule has 0 aromatic heterocycles. The monoisotopic (exact) mass is 351 g/mol. The molecule has 2 rings (SSSR count). The minimum Gasteiger partial charge on any atom is -0.466 e. The van der Waals surface area contributed by atoms with Gasteiger partial charge in [0.05, 0.1) is 12.0 Å². The van der Waals surface area contributed by atoms with Crippen molar-refractivity contribution in [2.45, 2.75) is 4.90 Å². The quantitative estimate of drug-likeness (QED) is 0.662. The van der Waals surface area contributed by atoms with Crippen molar-refractivity contribution in [3.63, 3.8) is 0 Å². The molecule has 2 aromatic carbocycles. The van der Waals surface area contributed by atoms with Crippen LogP contribution in [0.1, 0.15) is 5.56 Å². The van der Waals surface area contributed by atoms with Gasteiger partial charge in [-0.05, 0) is 48.0 Å². The van der Waals surface area contributed by atoms with Crippen molar-refractivity contribution < 1.29 is 17.9 Å². The average Bonchev–Trinajstić information content (AvgIpc) is 2.55. The van der Waals surface area contributed by atoms with E-state index >= 15 is 0 Å². The Hall–Kier alpha value is -2.31. The molecule has 0 amide bonds. The van der Waals surface area contributed by atoms with Gasteiger partial charge in [-0.25, -0.2) is 13.2 Å². The molecule has 2 aromatic rings. The van der Waals surface area contributed by atoms with Gasteiger partial charge >= 0.3 is 5.97 Å². The number of halogens is 1. The maximum atomic E-state index is 12.4. The lowest BCUT2D eigenvalue weighted by Crippen LogP contribution is -2.12. The number of methoxy groups -OCH3 is 1. The molecule has 0 fully saturated rings. The second-order valence-electron chi connectivity index (χ2n) is 4.54. The Morgan fingerprint density at radius 3 is 2.52 bits per heavy atom. The summed E-state index contributed by atoms with van der Waals surface area (Å²) in [5, 5.41) is 0.517. The number of nitrogens with one attached hydrogen (secondary N) is 1. The first-order valence-electron chi connectivity index (χ1n) is 6.55. The van der Waals surface area contributed by atoms with Crippen molar-refractivity contribution in [3.05, 3.63) is 65.2 Å². The summed E-state index contributed by atoms with van der Waals surface area (Å²) in [5.41, 5.74) is 0.972. The van der Waals surface area contributed by atoms with Crippen molar-refractivity contribution in [1.29, 1.82) is 0 Å². The standard InChI is InChI=1S/C16H14ClNO4S/c1-22-16(19)10-5-12-3-2-4-15(11-12)23(20,21)18-14-8-6-13(17)7-9-14/h2-11,18H,1H3/b10-5+. The highest BCUT2D eigenvalue weighted by atomic mass is 35.5. The molecule has 0 heterocycles. The molecule has 120 valence electrons. The molecule has 1 N–H and O–H groups in total. The van der Waals surface area contributed by atoms with Crippen molar-refractivity contribution in [1.82, 2.24) is 0 Å². The van der Waals surface area contributed by atoms with Crippen molar-refractivity contribution in [2.24, 2.45) is 0 Å². The van der Waals surface area contributed by atoms with E-state index in [1.54, 1.807) is 36.4 Å². The number of rotatable bonds is 5. The molecule has 23 heavy (non-hydrogen) atoms. The molecule has 0 bridgehead atoms. The molecular weight excluding hydrogens is 338 g/mol. The Bertz CT molecular complexity index is 829. The lowest BCUT2D eigenvalue weighted by atomic mass is 10.2. The predicted octanol–water partition coefficient (Wildman–Crippen LogP) is 3.33. The predicted molar refractivity (Wildman–Crippen MR) is 89.8 cm³/mol. The molecule has 0 atom stereocenters. The maximum Gasteiger partial charge on any atom is 0.330 e. The van der Waals surface area contributed by atoms with E-state index < -0.39 is 16.0 Å². The second kappa shape index (κ2) is 7.30. The maximum absolute atomic E-state index is 12.4. The topological polar surface area (TPSA) is 72.5 Å². The highest BCUT2D eigenvalue weighted by molar-refractivity contribution is 7.92. The van der Waals surface area contributed by atoms with Gasteiger partial charge in [0.2, 0.25) is 0 Å². The van der Waals surface area contributed by atoms with E-state index in [0.29, 0.717) is 16.3 Å². The number of hydrogen-bond acceptors (Lipinski definition) is 4. The van der Waals surface area contributed by atoms with Crippen LogP contribution in [0.4, 0.5) is 5.69 Å². The number of ether oxygens (including phenoxy) is 1. The van der Waals surface area contributed by atoms with Gasteiger partial charge in [0.15, 0.2) is 0 Å². The van der Waals surface area contributed by atoms with Crippen LogP contribution in [-0.4, -0.2) is 21.5 Å². The van der Waals surface area contributed by atoms with Crippen molar-refractivity contribution in [2.75, 3.05) is 11.8 Å². The zero-order chi connectivity index (χ0) is 16.9. The van der Waals surface area contributed by atoms with Gasteiger partial charge < -0.3 is 4.74 Å². The average molecular weight is 352 g/mol. The molecule has 5 nitrogen and oxygen atoms in total. The second-order valence-corrected chi connectivity index (χ2v) is 6.66. The van der Waals surface area contributed by atoms with Crippen molar-refractivity contribution in [3.8, 4) is 0 Å². The van der Waals surface area contributed by atoms with Gasteiger partial charge in [-0.15, -0.1) is 0 Å². The van der Waals surface area contributed by atoms with Crippen LogP contribution in [0.2, 0.25) is 5.02 Å². The molecule has 7 heteroatoms. The van der Waals surface area contributed by atoms with Crippen LogP contribution in [0, 0.1) is 0 Å². The van der Waals surface area contributed by atoms with Gasteiger partial charge in [0, 0.05) is 16.8 Å². The van der Waals surface area contributed by atoms with E-state index in [9.17, 15) is 13.2 Å². The molecule has 0 radical (unpaired) electrons. The Balaban J connectivity index is 2.24. The van der Waals surface area contributed by atoms with E-state index in [-0.39, 0.29) is 4.90 Å². The van der Waals surface area contributed by atoms with Gasteiger partial charge in [-0.2, -0.15) is 0 Å². The summed E-state index contributed by atoms with van der Waals surface area (Å²) in [6.45, 7) is 0. The smallest absolute Gasteiger partial charge is 0.330 e. The van der Waals surface area contributed by atoms with Crippen LogP contribution in [0.5, 0.6) is 0 Å². The first kappa shape index (κ1) is 17.1. The molecule has 0 spiro atoms. The molecule has 0 aliphatic rings. The Morgan fingerprint density at radius 2 is 1.87 bits per heavy atom. The number of hydrogen-bond donors (Lipinski definition) is 1. The fourth-order valence-corrected chi connectivity index (χ4v) is 2.99. The summed E-state index contributed by atoms with van der Waals surface area (Å²) in [6, 6.07) is 12.5. The molecule has 0 unspecified atom stereocenters. The fraction of sp³-hybridized carbons (Fsp3) is 0.0625. The van der Waals surface area contributed by atoms with E-state index in [1.807, 2.05) is 0 Å². The zero-order valence-electron chi connectivity index (χ0n) is 12.2. The lowest BCUT2D eigenvalue weighted by Gasteiger charge is -2.08. The highest BCUT2D eigenvalue weighted by Crippen LogP contribution is 2.19. The van der Waals surface area contributed by atoms with Gasteiger partial charge in [0.1, 0.15) is 0 Å². The van der Waals surface area contributed by atoms with Crippen LogP contribution in [-0.2, 0) is 19.6 Å². The molecule has 0 saturated carbocycles. The normalized spacial score (nSPS) is 11.4. The minimum absolute atomic E-state index is 0.0828. The summed E-state index contributed by atoms with van der Waals surface area (Å²) in [7, 11) is -2.47. The molecule has 0 aliphatic heterocycles. The molecular formula is C16H14ClNO4S.